The molecule has 3 heterocycles. The second kappa shape index (κ2) is 9.45. The van der Waals surface area contributed by atoms with Gasteiger partial charge in [0, 0.05) is 67.6 Å². The number of piperidine rings is 1. The average molecular weight is 431 g/mol. The summed E-state index contributed by atoms with van der Waals surface area (Å²) in [5.41, 5.74) is 3.84. The van der Waals surface area contributed by atoms with Crippen LogP contribution in [0.1, 0.15) is 50.2 Å². The largest absolute Gasteiger partial charge is 0.347 e. The van der Waals surface area contributed by atoms with Gasteiger partial charge in [0.05, 0.1) is 0 Å². The lowest BCUT2D eigenvalue weighted by Gasteiger charge is -2.42. The Hall–Kier alpha value is -2.66. The maximum atomic E-state index is 13.4. The summed E-state index contributed by atoms with van der Waals surface area (Å²) in [6, 6.07) is 13.1. The predicted octanol–water partition coefficient (Wildman–Crippen LogP) is 4.85. The number of para-hydroxylation sites is 1. The van der Waals surface area contributed by atoms with Gasteiger partial charge in [-0.3, -0.25) is 14.7 Å². The Morgan fingerprint density at radius 1 is 1.12 bits per heavy atom. The van der Waals surface area contributed by atoms with E-state index < -0.39 is 0 Å². The number of aromatic nitrogens is 2. The number of aryl methyl sites for hydroxylation is 1. The van der Waals surface area contributed by atoms with E-state index in [-0.39, 0.29) is 12.0 Å². The van der Waals surface area contributed by atoms with Crippen LogP contribution in [-0.2, 0) is 24.4 Å². The van der Waals surface area contributed by atoms with Crippen molar-refractivity contribution in [1.82, 2.24) is 19.4 Å². The lowest BCUT2D eigenvalue weighted by molar-refractivity contribution is -0.142. The summed E-state index contributed by atoms with van der Waals surface area (Å²) >= 11 is 0. The molecule has 2 aliphatic rings. The molecule has 1 amide bonds. The molecule has 1 aromatic carbocycles. The van der Waals surface area contributed by atoms with Crippen molar-refractivity contribution in [1.29, 1.82) is 0 Å². The Morgan fingerprint density at radius 2 is 2.00 bits per heavy atom. The van der Waals surface area contributed by atoms with E-state index in [1.165, 1.54) is 22.9 Å². The number of fused-ring (bicyclic) bond motifs is 1. The number of carbonyl (C=O) groups excluding carboxylic acids is 1. The van der Waals surface area contributed by atoms with Gasteiger partial charge in [0.25, 0.3) is 0 Å². The fourth-order valence-corrected chi connectivity index (χ4v) is 5.35. The number of nitrogens with zero attached hydrogens (tertiary/aromatic N) is 4. The van der Waals surface area contributed by atoms with E-state index in [4.69, 9.17) is 0 Å². The average Bonchev–Trinajstić information content (AvgIpc) is 3.15. The maximum absolute atomic E-state index is 13.4. The summed E-state index contributed by atoms with van der Waals surface area (Å²) in [7, 11) is 0. The SMILES string of the molecule is CCn1cc(CN2CCCC(N(Cc3cccnc3)C(=O)C3CCC3)C2)c2ccccc21. The van der Waals surface area contributed by atoms with Gasteiger partial charge >= 0.3 is 0 Å². The van der Waals surface area contributed by atoms with Gasteiger partial charge in [-0.2, -0.15) is 0 Å². The van der Waals surface area contributed by atoms with E-state index in [1.54, 1.807) is 6.20 Å². The van der Waals surface area contributed by atoms with Gasteiger partial charge in [0.2, 0.25) is 5.91 Å². The van der Waals surface area contributed by atoms with Crippen LogP contribution >= 0.6 is 0 Å². The van der Waals surface area contributed by atoms with Crippen LogP contribution in [0.2, 0.25) is 0 Å². The number of hydrogen-bond donors (Lipinski definition) is 0. The molecule has 1 aliphatic heterocycles. The fourth-order valence-electron chi connectivity index (χ4n) is 5.35. The first-order chi connectivity index (χ1) is 15.7. The van der Waals surface area contributed by atoms with Crippen LogP contribution in [0, 0.1) is 5.92 Å². The summed E-state index contributed by atoms with van der Waals surface area (Å²) < 4.78 is 2.35. The number of pyridine rings is 1. The van der Waals surface area contributed by atoms with E-state index in [0.29, 0.717) is 12.5 Å². The minimum Gasteiger partial charge on any atom is -0.347 e. The van der Waals surface area contributed by atoms with Crippen molar-refractivity contribution in [3.63, 3.8) is 0 Å². The van der Waals surface area contributed by atoms with Gasteiger partial charge in [-0.15, -0.1) is 0 Å². The number of hydrogen-bond acceptors (Lipinski definition) is 3. The first kappa shape index (κ1) is 21.2. The number of likely N-dealkylation sites (tertiary alicyclic amines) is 1. The normalized spacial score (nSPS) is 19.7. The van der Waals surface area contributed by atoms with E-state index >= 15 is 0 Å². The topological polar surface area (TPSA) is 41.4 Å². The highest BCUT2D eigenvalue weighted by atomic mass is 16.2. The zero-order valence-corrected chi connectivity index (χ0v) is 19.1. The van der Waals surface area contributed by atoms with Gasteiger partial charge in [-0.1, -0.05) is 30.7 Å². The minimum absolute atomic E-state index is 0.226. The van der Waals surface area contributed by atoms with Gasteiger partial charge in [-0.05, 0) is 62.4 Å². The van der Waals surface area contributed by atoms with Crippen LogP contribution in [0.3, 0.4) is 0 Å². The number of rotatable bonds is 7. The summed E-state index contributed by atoms with van der Waals surface area (Å²) in [5.74, 6) is 0.583. The highest BCUT2D eigenvalue weighted by Crippen LogP contribution is 2.31. The molecule has 168 valence electrons. The molecule has 0 radical (unpaired) electrons. The summed E-state index contributed by atoms with van der Waals surface area (Å²) in [6.07, 6.45) is 11.5. The van der Waals surface area contributed by atoms with Crippen molar-refractivity contribution in [2.75, 3.05) is 13.1 Å². The van der Waals surface area contributed by atoms with Crippen LogP contribution in [0.5, 0.6) is 0 Å². The summed E-state index contributed by atoms with van der Waals surface area (Å²) in [6.45, 7) is 6.86. The number of carbonyl (C=O) groups is 1. The van der Waals surface area contributed by atoms with Crippen molar-refractivity contribution in [2.45, 2.75) is 64.7 Å². The van der Waals surface area contributed by atoms with Gasteiger partial charge in [0.15, 0.2) is 0 Å². The monoisotopic (exact) mass is 430 g/mol. The molecule has 1 saturated carbocycles. The third kappa shape index (κ3) is 4.31. The highest BCUT2D eigenvalue weighted by Gasteiger charge is 2.35. The van der Waals surface area contributed by atoms with Crippen molar-refractivity contribution >= 4 is 16.8 Å². The Balaban J connectivity index is 1.34. The molecule has 0 N–H and O–H groups in total. The summed E-state index contributed by atoms with van der Waals surface area (Å²) in [4.78, 5) is 22.4. The molecule has 2 aromatic heterocycles. The van der Waals surface area contributed by atoms with Crippen molar-refractivity contribution in [3.05, 3.63) is 66.1 Å². The molecule has 32 heavy (non-hydrogen) atoms. The molecular weight excluding hydrogens is 396 g/mol. The maximum Gasteiger partial charge on any atom is 0.226 e. The van der Waals surface area contributed by atoms with Gasteiger partial charge in [-0.25, -0.2) is 0 Å². The van der Waals surface area contributed by atoms with Crippen molar-refractivity contribution < 1.29 is 4.79 Å². The van der Waals surface area contributed by atoms with E-state index in [9.17, 15) is 4.79 Å². The Morgan fingerprint density at radius 3 is 2.75 bits per heavy atom. The first-order valence-electron chi connectivity index (χ1n) is 12.2. The Kier molecular flexibility index (Phi) is 6.26. The molecule has 5 nitrogen and oxygen atoms in total. The minimum atomic E-state index is 0.226. The third-order valence-corrected chi connectivity index (χ3v) is 7.34. The van der Waals surface area contributed by atoms with Crippen molar-refractivity contribution in [2.24, 2.45) is 5.92 Å². The molecule has 3 aromatic rings. The fraction of sp³-hybridized carbons (Fsp3) is 0.481. The first-order valence-corrected chi connectivity index (χ1v) is 12.2. The Bertz CT molecular complexity index is 1060. The van der Waals surface area contributed by atoms with Crippen LogP contribution in [0.15, 0.2) is 55.0 Å². The molecule has 0 spiro atoms. The van der Waals surface area contributed by atoms with Crippen LogP contribution in [0.25, 0.3) is 10.9 Å². The number of benzene rings is 1. The van der Waals surface area contributed by atoms with Crippen LogP contribution in [0.4, 0.5) is 0 Å². The Labute approximate surface area is 191 Å². The molecule has 2 fully saturated rings. The second-order valence-corrected chi connectivity index (χ2v) is 9.44. The molecule has 1 atom stereocenters. The lowest BCUT2D eigenvalue weighted by Crippen LogP contribution is -2.51. The summed E-state index contributed by atoms with van der Waals surface area (Å²) in [5, 5.41) is 1.36. The predicted molar refractivity (Wildman–Crippen MR) is 128 cm³/mol. The van der Waals surface area contributed by atoms with E-state index in [1.807, 2.05) is 12.3 Å². The van der Waals surface area contributed by atoms with Crippen LogP contribution < -0.4 is 0 Å². The van der Waals surface area contributed by atoms with E-state index in [0.717, 1.165) is 57.4 Å². The molecule has 0 bridgehead atoms. The molecule has 1 aliphatic carbocycles. The third-order valence-electron chi connectivity index (χ3n) is 7.34. The molecular formula is C27H34N4O. The zero-order chi connectivity index (χ0) is 21.9. The van der Waals surface area contributed by atoms with Gasteiger partial charge in [0.1, 0.15) is 0 Å². The van der Waals surface area contributed by atoms with E-state index in [2.05, 4.69) is 62.8 Å². The molecule has 5 heteroatoms. The second-order valence-electron chi connectivity index (χ2n) is 9.44. The lowest BCUT2D eigenvalue weighted by atomic mass is 9.83. The zero-order valence-electron chi connectivity index (χ0n) is 19.1. The molecule has 1 unspecified atom stereocenters. The van der Waals surface area contributed by atoms with Gasteiger partial charge < -0.3 is 9.47 Å². The smallest absolute Gasteiger partial charge is 0.226 e. The quantitative estimate of drug-likeness (QED) is 0.538. The van der Waals surface area contributed by atoms with Crippen molar-refractivity contribution in [3.8, 4) is 0 Å². The molecule has 5 rings (SSSR count). The number of amides is 1. The van der Waals surface area contributed by atoms with Crippen LogP contribution in [-0.4, -0.2) is 44.4 Å². The molecule has 1 saturated heterocycles. The highest BCUT2D eigenvalue weighted by molar-refractivity contribution is 5.84. The standard InChI is InChI=1S/C27H34N4O/c1-2-30-19-23(25-12-3-4-13-26(25)30)18-29-15-7-11-24(20-29)31(27(32)22-9-5-10-22)17-21-8-6-14-28-16-21/h3-4,6,8,12-14,16,19,22,24H,2,5,7,9-11,15,17-18,20H2,1H3.